The minimum absolute atomic E-state index is 0.0178. The zero-order valence-corrected chi connectivity index (χ0v) is 9.53. The molecule has 0 fully saturated rings. The standard InChI is InChI=1S/C12H15N3O2/c16-12(14-6-11-2-1-3-17-11)15-7-9-4-13-5-10(9)8-15/h1-3,13H,4-8H2,(H,14,16). The summed E-state index contributed by atoms with van der Waals surface area (Å²) in [4.78, 5) is 13.7. The van der Waals surface area contributed by atoms with Gasteiger partial charge in [0.05, 0.1) is 12.8 Å². The first kappa shape index (κ1) is 10.4. The van der Waals surface area contributed by atoms with Crippen molar-refractivity contribution < 1.29 is 9.21 Å². The number of nitrogens with one attached hydrogen (secondary N) is 2. The first-order valence-corrected chi connectivity index (χ1v) is 5.78. The molecule has 5 nitrogen and oxygen atoms in total. The van der Waals surface area contributed by atoms with Crippen LogP contribution in [0.4, 0.5) is 4.79 Å². The van der Waals surface area contributed by atoms with Crippen molar-refractivity contribution in [1.82, 2.24) is 15.5 Å². The van der Waals surface area contributed by atoms with E-state index < -0.39 is 0 Å². The molecule has 1 aromatic rings. The predicted octanol–water partition coefficient (Wildman–Crippen LogP) is 0.705. The predicted molar refractivity (Wildman–Crippen MR) is 62.4 cm³/mol. The van der Waals surface area contributed by atoms with Crippen molar-refractivity contribution in [2.24, 2.45) is 0 Å². The largest absolute Gasteiger partial charge is 0.467 e. The molecule has 2 aliphatic heterocycles. The Morgan fingerprint density at radius 1 is 1.41 bits per heavy atom. The van der Waals surface area contributed by atoms with Crippen LogP contribution in [0.25, 0.3) is 0 Å². The van der Waals surface area contributed by atoms with Crippen LogP contribution in [0.2, 0.25) is 0 Å². The van der Waals surface area contributed by atoms with Crippen molar-refractivity contribution in [3.63, 3.8) is 0 Å². The summed E-state index contributed by atoms with van der Waals surface area (Å²) in [7, 11) is 0. The molecule has 0 bridgehead atoms. The highest BCUT2D eigenvalue weighted by molar-refractivity contribution is 5.75. The molecule has 0 saturated heterocycles. The lowest BCUT2D eigenvalue weighted by Gasteiger charge is -2.18. The van der Waals surface area contributed by atoms with Gasteiger partial charge in [-0.05, 0) is 23.3 Å². The topological polar surface area (TPSA) is 57.5 Å². The van der Waals surface area contributed by atoms with Crippen LogP contribution in [0.1, 0.15) is 5.76 Å². The molecular weight excluding hydrogens is 218 g/mol. The van der Waals surface area contributed by atoms with Crippen LogP contribution in [-0.4, -0.2) is 37.1 Å². The molecule has 2 aliphatic rings. The molecule has 0 unspecified atom stereocenters. The van der Waals surface area contributed by atoms with Crippen molar-refractivity contribution in [3.8, 4) is 0 Å². The Kier molecular flexibility index (Phi) is 2.60. The SMILES string of the molecule is O=C(NCc1ccco1)N1CC2=C(CNC2)C1. The van der Waals surface area contributed by atoms with Gasteiger partial charge >= 0.3 is 6.03 Å². The summed E-state index contributed by atoms with van der Waals surface area (Å²) >= 11 is 0. The van der Waals surface area contributed by atoms with Gasteiger partial charge in [-0.2, -0.15) is 0 Å². The Morgan fingerprint density at radius 3 is 2.82 bits per heavy atom. The zero-order chi connectivity index (χ0) is 11.7. The minimum atomic E-state index is -0.0178. The Balaban J connectivity index is 1.51. The second-order valence-corrected chi connectivity index (χ2v) is 4.40. The smallest absolute Gasteiger partial charge is 0.318 e. The molecule has 5 heteroatoms. The van der Waals surface area contributed by atoms with E-state index in [1.165, 1.54) is 11.1 Å². The van der Waals surface area contributed by atoms with Gasteiger partial charge < -0.3 is 20.0 Å². The summed E-state index contributed by atoms with van der Waals surface area (Å²) < 4.78 is 5.17. The van der Waals surface area contributed by atoms with E-state index >= 15 is 0 Å². The van der Waals surface area contributed by atoms with Gasteiger partial charge in [0, 0.05) is 26.2 Å². The summed E-state index contributed by atoms with van der Waals surface area (Å²) in [5.41, 5.74) is 2.75. The van der Waals surface area contributed by atoms with Gasteiger partial charge in [0.15, 0.2) is 0 Å². The number of rotatable bonds is 2. The third kappa shape index (κ3) is 2.06. The Morgan fingerprint density at radius 2 is 2.18 bits per heavy atom. The maximum atomic E-state index is 11.9. The highest BCUT2D eigenvalue weighted by Gasteiger charge is 2.27. The monoisotopic (exact) mass is 233 g/mol. The lowest BCUT2D eigenvalue weighted by Crippen LogP contribution is -2.40. The van der Waals surface area contributed by atoms with Crippen LogP contribution in [0, 0.1) is 0 Å². The Hall–Kier alpha value is -1.75. The number of hydrogen-bond acceptors (Lipinski definition) is 3. The molecule has 0 spiro atoms. The summed E-state index contributed by atoms with van der Waals surface area (Å²) in [6.45, 7) is 3.82. The van der Waals surface area contributed by atoms with E-state index in [2.05, 4.69) is 10.6 Å². The van der Waals surface area contributed by atoms with Crippen LogP contribution < -0.4 is 10.6 Å². The average Bonchev–Trinajstić information content (AvgIpc) is 3.01. The third-order valence-electron chi connectivity index (χ3n) is 3.22. The molecule has 0 aromatic carbocycles. The first-order valence-electron chi connectivity index (χ1n) is 5.78. The van der Waals surface area contributed by atoms with E-state index in [1.807, 2.05) is 17.0 Å². The van der Waals surface area contributed by atoms with Crippen LogP contribution in [0.15, 0.2) is 34.0 Å². The fraction of sp³-hybridized carbons (Fsp3) is 0.417. The second kappa shape index (κ2) is 4.25. The molecular formula is C12H15N3O2. The van der Waals surface area contributed by atoms with Crippen molar-refractivity contribution in [2.45, 2.75) is 6.54 Å². The van der Waals surface area contributed by atoms with Crippen molar-refractivity contribution in [2.75, 3.05) is 26.2 Å². The van der Waals surface area contributed by atoms with Gasteiger partial charge in [-0.1, -0.05) is 0 Å². The molecule has 17 heavy (non-hydrogen) atoms. The fourth-order valence-electron chi connectivity index (χ4n) is 2.30. The molecule has 2 amide bonds. The molecule has 0 saturated carbocycles. The highest BCUT2D eigenvalue weighted by atomic mass is 16.3. The second-order valence-electron chi connectivity index (χ2n) is 4.40. The van der Waals surface area contributed by atoms with Crippen LogP contribution in [0.3, 0.4) is 0 Å². The van der Waals surface area contributed by atoms with Crippen molar-refractivity contribution in [3.05, 3.63) is 35.3 Å². The summed E-state index contributed by atoms with van der Waals surface area (Å²) in [6.07, 6.45) is 1.61. The number of amides is 2. The number of hydrogen-bond donors (Lipinski definition) is 2. The van der Waals surface area contributed by atoms with Crippen molar-refractivity contribution in [1.29, 1.82) is 0 Å². The number of furan rings is 1. The number of carbonyl (C=O) groups is 1. The number of carbonyl (C=O) groups excluding carboxylic acids is 1. The van der Waals surface area contributed by atoms with Gasteiger partial charge in [-0.3, -0.25) is 0 Å². The van der Waals surface area contributed by atoms with Gasteiger partial charge in [-0.25, -0.2) is 4.79 Å². The van der Waals surface area contributed by atoms with Gasteiger partial charge in [0.25, 0.3) is 0 Å². The zero-order valence-electron chi connectivity index (χ0n) is 9.53. The van der Waals surface area contributed by atoms with E-state index in [4.69, 9.17) is 4.42 Å². The van der Waals surface area contributed by atoms with Gasteiger partial charge in [0.2, 0.25) is 0 Å². The molecule has 2 N–H and O–H groups in total. The Bertz CT molecular complexity index is 434. The van der Waals surface area contributed by atoms with E-state index in [-0.39, 0.29) is 6.03 Å². The molecule has 3 rings (SSSR count). The van der Waals surface area contributed by atoms with Gasteiger partial charge in [0.1, 0.15) is 5.76 Å². The quantitative estimate of drug-likeness (QED) is 0.739. The summed E-state index contributed by atoms with van der Waals surface area (Å²) in [6, 6.07) is 3.65. The molecule has 0 radical (unpaired) electrons. The average molecular weight is 233 g/mol. The molecule has 90 valence electrons. The number of urea groups is 1. The normalized spacial score (nSPS) is 18.7. The van der Waals surface area contributed by atoms with Crippen LogP contribution in [-0.2, 0) is 6.54 Å². The maximum Gasteiger partial charge on any atom is 0.318 e. The van der Waals surface area contributed by atoms with E-state index in [9.17, 15) is 4.79 Å². The molecule has 3 heterocycles. The van der Waals surface area contributed by atoms with E-state index in [0.29, 0.717) is 6.54 Å². The lowest BCUT2D eigenvalue weighted by atomic mass is 10.2. The first-order chi connectivity index (χ1) is 8.33. The molecule has 0 aliphatic carbocycles. The van der Waals surface area contributed by atoms with Crippen LogP contribution in [0.5, 0.6) is 0 Å². The summed E-state index contributed by atoms with van der Waals surface area (Å²) in [5.74, 6) is 0.778. The maximum absolute atomic E-state index is 11.9. The van der Waals surface area contributed by atoms with Gasteiger partial charge in [-0.15, -0.1) is 0 Å². The van der Waals surface area contributed by atoms with Crippen molar-refractivity contribution >= 4 is 6.03 Å². The minimum Gasteiger partial charge on any atom is -0.467 e. The highest BCUT2D eigenvalue weighted by Crippen LogP contribution is 2.20. The molecule has 0 atom stereocenters. The van der Waals surface area contributed by atoms with E-state index in [1.54, 1.807) is 6.26 Å². The fourth-order valence-corrected chi connectivity index (χ4v) is 2.30. The molecule has 1 aromatic heterocycles. The number of nitrogens with zero attached hydrogens (tertiary/aromatic N) is 1. The Labute approximate surface area is 99.5 Å². The third-order valence-corrected chi connectivity index (χ3v) is 3.22. The van der Waals surface area contributed by atoms with Crippen LogP contribution >= 0.6 is 0 Å². The lowest BCUT2D eigenvalue weighted by molar-refractivity contribution is 0.207. The van der Waals surface area contributed by atoms with E-state index in [0.717, 1.165) is 31.9 Å². The summed E-state index contributed by atoms with van der Waals surface area (Å²) in [5, 5.41) is 6.15.